The summed E-state index contributed by atoms with van der Waals surface area (Å²) >= 11 is 12.4. The number of halogens is 2. The van der Waals surface area contributed by atoms with E-state index in [2.05, 4.69) is 25.7 Å². The lowest BCUT2D eigenvalue weighted by atomic mass is 9.97. The van der Waals surface area contributed by atoms with Crippen LogP contribution >= 0.6 is 23.2 Å². The summed E-state index contributed by atoms with van der Waals surface area (Å²) in [6.45, 7) is 0.155. The maximum atomic E-state index is 12.6. The van der Waals surface area contributed by atoms with Gasteiger partial charge in [-0.25, -0.2) is 19.6 Å². The third-order valence-corrected chi connectivity index (χ3v) is 6.74. The zero-order chi connectivity index (χ0) is 27.4. The number of likely N-dealkylation sites (tertiary alicyclic amines) is 1. The molecule has 0 bridgehead atoms. The van der Waals surface area contributed by atoms with Crippen molar-refractivity contribution in [2.75, 3.05) is 17.6 Å². The van der Waals surface area contributed by atoms with E-state index < -0.39 is 24.1 Å². The number of carbonyl (C=O) groups is 3. The number of hydrogen-bond acceptors (Lipinski definition) is 8. The van der Waals surface area contributed by atoms with Crippen LogP contribution in [0.3, 0.4) is 0 Å². The van der Waals surface area contributed by atoms with E-state index in [1.165, 1.54) is 17.1 Å². The first-order valence-electron chi connectivity index (χ1n) is 11.5. The molecule has 38 heavy (non-hydrogen) atoms. The highest BCUT2D eigenvalue weighted by Crippen LogP contribution is 2.27. The van der Waals surface area contributed by atoms with Gasteiger partial charge in [0.05, 0.1) is 18.1 Å². The number of aromatic nitrogens is 4. The van der Waals surface area contributed by atoms with Crippen molar-refractivity contribution in [3.05, 3.63) is 52.4 Å². The molecule has 1 unspecified atom stereocenters. The van der Waals surface area contributed by atoms with Gasteiger partial charge in [-0.1, -0.05) is 29.3 Å². The Hall–Kier alpha value is -4.10. The zero-order valence-corrected chi connectivity index (χ0v) is 21.4. The van der Waals surface area contributed by atoms with Crippen LogP contribution in [0.4, 0.5) is 16.4 Å². The number of nitrogens with zero attached hydrogens (tertiary/aromatic N) is 5. The van der Waals surface area contributed by atoms with Crippen LogP contribution in [0.25, 0.3) is 11.3 Å². The van der Waals surface area contributed by atoms with Crippen molar-refractivity contribution in [1.82, 2.24) is 30.0 Å². The van der Waals surface area contributed by atoms with E-state index in [9.17, 15) is 24.6 Å². The first-order valence-corrected chi connectivity index (χ1v) is 12.2. The van der Waals surface area contributed by atoms with Crippen LogP contribution in [-0.2, 0) is 22.7 Å². The smallest absolute Gasteiger partial charge is 0.408 e. The molecule has 0 spiro atoms. The van der Waals surface area contributed by atoms with Crippen LogP contribution in [-0.4, -0.2) is 71.5 Å². The highest BCUT2D eigenvalue weighted by Gasteiger charge is 2.36. The molecule has 0 radical (unpaired) electrons. The van der Waals surface area contributed by atoms with Crippen LogP contribution in [0.15, 0.2) is 36.8 Å². The molecule has 1 aliphatic rings. The second-order valence-electron chi connectivity index (χ2n) is 8.59. The quantitative estimate of drug-likeness (QED) is 0.272. The SMILES string of the molecule is Nc1ncc(-c2cnn(CC(=O)NC3CCN(C(=O)O)[C@@H](C(=O)O)C3)c2)nc1NCc1c(Cl)cccc1Cl. The number of hydrogen-bond donors (Lipinski definition) is 5. The molecule has 15 heteroatoms. The number of aliphatic carboxylic acids is 1. The minimum absolute atomic E-state index is 0.0119. The lowest BCUT2D eigenvalue weighted by molar-refractivity contribution is -0.144. The Morgan fingerprint density at radius 1 is 1.16 bits per heavy atom. The molecule has 2 atom stereocenters. The monoisotopic (exact) mass is 562 g/mol. The van der Waals surface area contributed by atoms with Crippen molar-refractivity contribution in [2.24, 2.45) is 0 Å². The lowest BCUT2D eigenvalue weighted by Crippen LogP contribution is -2.54. The Kier molecular flexibility index (Phi) is 8.17. The van der Waals surface area contributed by atoms with E-state index in [1.807, 2.05) is 0 Å². The van der Waals surface area contributed by atoms with Crippen molar-refractivity contribution < 1.29 is 24.6 Å². The number of benzene rings is 1. The van der Waals surface area contributed by atoms with Crippen molar-refractivity contribution in [1.29, 1.82) is 0 Å². The van der Waals surface area contributed by atoms with Crippen molar-refractivity contribution in [2.45, 2.75) is 38.0 Å². The van der Waals surface area contributed by atoms with Gasteiger partial charge in [-0.05, 0) is 25.0 Å². The summed E-state index contributed by atoms with van der Waals surface area (Å²) in [7, 11) is 0. The molecule has 1 fully saturated rings. The van der Waals surface area contributed by atoms with Crippen LogP contribution in [0.1, 0.15) is 18.4 Å². The molecule has 1 saturated heterocycles. The zero-order valence-electron chi connectivity index (χ0n) is 19.8. The Bertz CT molecular complexity index is 1350. The number of carboxylic acid groups (broad SMARTS) is 2. The molecule has 1 aromatic carbocycles. The van der Waals surface area contributed by atoms with Gasteiger partial charge < -0.3 is 26.6 Å². The second kappa shape index (κ2) is 11.5. The fraction of sp³-hybridized carbons (Fsp3) is 0.304. The third-order valence-electron chi connectivity index (χ3n) is 6.03. The predicted octanol–water partition coefficient (Wildman–Crippen LogP) is 2.55. The molecular formula is C23H24Cl2N8O5. The lowest BCUT2D eigenvalue weighted by Gasteiger charge is -2.35. The Labute approximate surface area is 226 Å². The summed E-state index contributed by atoms with van der Waals surface area (Å²) in [6, 6.07) is 3.50. The fourth-order valence-electron chi connectivity index (χ4n) is 4.10. The highest BCUT2D eigenvalue weighted by atomic mass is 35.5. The number of amides is 2. The molecule has 1 aliphatic heterocycles. The summed E-state index contributed by atoms with van der Waals surface area (Å²) in [5.74, 6) is -1.14. The van der Waals surface area contributed by atoms with E-state index in [4.69, 9.17) is 28.9 Å². The van der Waals surface area contributed by atoms with Crippen molar-refractivity contribution >= 4 is 52.8 Å². The number of nitrogen functional groups attached to an aromatic ring is 1. The number of nitrogens with two attached hydrogens (primary N) is 1. The van der Waals surface area contributed by atoms with E-state index in [1.54, 1.807) is 24.4 Å². The van der Waals surface area contributed by atoms with Gasteiger partial charge in [0.1, 0.15) is 12.6 Å². The largest absolute Gasteiger partial charge is 0.480 e. The van der Waals surface area contributed by atoms with Gasteiger partial charge in [-0.15, -0.1) is 0 Å². The summed E-state index contributed by atoms with van der Waals surface area (Å²) in [5, 5.41) is 29.6. The molecule has 2 amide bonds. The highest BCUT2D eigenvalue weighted by molar-refractivity contribution is 6.36. The van der Waals surface area contributed by atoms with E-state index in [-0.39, 0.29) is 37.8 Å². The number of anilines is 2. The van der Waals surface area contributed by atoms with Gasteiger partial charge in [-0.2, -0.15) is 5.10 Å². The first kappa shape index (κ1) is 26.9. The molecule has 200 valence electrons. The van der Waals surface area contributed by atoms with Gasteiger partial charge in [-0.3, -0.25) is 14.4 Å². The van der Waals surface area contributed by atoms with Gasteiger partial charge >= 0.3 is 12.1 Å². The Morgan fingerprint density at radius 3 is 2.58 bits per heavy atom. The van der Waals surface area contributed by atoms with Crippen LogP contribution in [0.5, 0.6) is 0 Å². The summed E-state index contributed by atoms with van der Waals surface area (Å²) in [6.07, 6.45) is 3.60. The minimum Gasteiger partial charge on any atom is -0.480 e. The number of piperidine rings is 1. The summed E-state index contributed by atoms with van der Waals surface area (Å²) < 4.78 is 1.40. The number of nitrogens with one attached hydrogen (secondary N) is 2. The molecule has 3 aromatic rings. The average Bonchev–Trinajstić information content (AvgIpc) is 3.32. The van der Waals surface area contributed by atoms with Gasteiger partial charge in [0, 0.05) is 46.5 Å². The van der Waals surface area contributed by atoms with Gasteiger partial charge in [0.25, 0.3) is 0 Å². The first-order chi connectivity index (χ1) is 18.1. The van der Waals surface area contributed by atoms with Crippen LogP contribution in [0.2, 0.25) is 10.0 Å². The molecule has 2 aromatic heterocycles. The number of carboxylic acids is 1. The standard InChI is InChI=1S/C23H24Cl2N8O5/c24-15-2-1-3-16(25)14(15)8-28-21-20(26)27-9-17(31-21)12-7-29-32(10-12)11-19(34)30-13-4-5-33(23(37)38)18(6-13)22(35)36/h1-3,7,9-10,13,18H,4-6,8,11H2,(H2,26,27)(H,28,31)(H,30,34)(H,35,36)(H,37,38)/t13?,18-/m1/s1. The normalized spacial score (nSPS) is 17.2. The van der Waals surface area contributed by atoms with E-state index in [0.717, 1.165) is 4.90 Å². The van der Waals surface area contributed by atoms with Crippen LogP contribution in [0, 0.1) is 0 Å². The Balaban J connectivity index is 1.38. The van der Waals surface area contributed by atoms with Crippen molar-refractivity contribution in [3.63, 3.8) is 0 Å². The number of carbonyl (C=O) groups excluding carboxylic acids is 1. The fourth-order valence-corrected chi connectivity index (χ4v) is 4.63. The molecule has 4 rings (SSSR count). The summed E-state index contributed by atoms with van der Waals surface area (Å²) in [5.41, 5.74) is 7.71. The van der Waals surface area contributed by atoms with Gasteiger partial charge in [0.15, 0.2) is 11.6 Å². The van der Waals surface area contributed by atoms with Gasteiger partial charge in [0.2, 0.25) is 5.91 Å². The van der Waals surface area contributed by atoms with E-state index in [0.29, 0.717) is 39.1 Å². The van der Waals surface area contributed by atoms with E-state index >= 15 is 0 Å². The average molecular weight is 563 g/mol. The topological polar surface area (TPSA) is 189 Å². The molecule has 3 heterocycles. The summed E-state index contributed by atoms with van der Waals surface area (Å²) in [4.78, 5) is 44.8. The Morgan fingerprint density at radius 2 is 1.89 bits per heavy atom. The maximum absolute atomic E-state index is 12.6. The number of rotatable bonds is 8. The predicted molar refractivity (Wildman–Crippen MR) is 139 cm³/mol. The molecule has 0 aliphatic carbocycles. The molecule has 13 nitrogen and oxygen atoms in total. The van der Waals surface area contributed by atoms with Crippen LogP contribution < -0.4 is 16.4 Å². The minimum atomic E-state index is -1.30. The molecule has 0 saturated carbocycles. The second-order valence-corrected chi connectivity index (χ2v) is 9.40. The maximum Gasteiger partial charge on any atom is 0.408 e. The molecule has 6 N–H and O–H groups in total. The van der Waals surface area contributed by atoms with Crippen molar-refractivity contribution in [3.8, 4) is 11.3 Å². The third kappa shape index (κ3) is 6.23. The molecular weight excluding hydrogens is 539 g/mol.